The van der Waals surface area contributed by atoms with Crippen LogP contribution in [0.25, 0.3) is 154 Å². The molecule has 0 radical (unpaired) electrons. The van der Waals surface area contributed by atoms with Crippen LogP contribution < -0.4 is 13.7 Å². The molecule has 6 aromatic heterocycles. The van der Waals surface area contributed by atoms with E-state index < -0.39 is 12.7 Å². The smallest absolute Gasteiger partial charge is 0.213 e. The van der Waals surface area contributed by atoms with Gasteiger partial charge in [-0.15, -0.1) is 0 Å². The first kappa shape index (κ1) is 56.4. The maximum atomic E-state index is 9.07. The molecular formula is C91H83N6+3. The molecule has 6 heteroatoms. The van der Waals surface area contributed by atoms with Crippen molar-refractivity contribution in [2.45, 2.75) is 65.6 Å². The largest absolute Gasteiger partial charge is 0.339 e. The summed E-state index contributed by atoms with van der Waals surface area (Å²) in [5, 5.41) is 15.1. The predicted molar refractivity (Wildman–Crippen MR) is 409 cm³/mol. The van der Waals surface area contributed by atoms with Gasteiger partial charge in [-0.1, -0.05) is 176 Å². The monoisotopic (exact) mass is 1260 g/mol. The Hall–Kier alpha value is -11.0. The Balaban J connectivity index is 0.000000118. The third kappa shape index (κ3) is 11.0. The summed E-state index contributed by atoms with van der Waals surface area (Å²) in [6.07, 6.45) is 12.3. The maximum absolute atomic E-state index is 9.07. The summed E-state index contributed by atoms with van der Waals surface area (Å²) in [5.41, 5.74) is 24.5. The van der Waals surface area contributed by atoms with E-state index in [9.17, 15) is 0 Å². The molecule has 1 aliphatic carbocycles. The Morgan fingerprint density at radius 2 is 0.711 bits per heavy atom. The quantitative estimate of drug-likeness (QED) is 0.148. The van der Waals surface area contributed by atoms with E-state index >= 15 is 0 Å². The molecule has 1 saturated carbocycles. The highest BCUT2D eigenvalue weighted by Crippen LogP contribution is 2.40. The fraction of sp³-hybridized carbons (Fsp3) is 0.176. The zero-order chi connectivity index (χ0) is 69.8. The van der Waals surface area contributed by atoms with Crippen molar-refractivity contribution >= 4 is 97.7 Å². The lowest BCUT2D eigenvalue weighted by molar-refractivity contribution is -0.659. The molecule has 0 atom stereocenters. The van der Waals surface area contributed by atoms with Crippen molar-refractivity contribution in [1.29, 1.82) is 0 Å². The summed E-state index contributed by atoms with van der Waals surface area (Å²) in [5.74, 6) is -0.420. The number of rotatable bonds is 6. The molecule has 6 nitrogen and oxygen atoms in total. The van der Waals surface area contributed by atoms with Gasteiger partial charge < -0.3 is 13.7 Å². The van der Waals surface area contributed by atoms with E-state index in [1.54, 1.807) is 12.1 Å². The molecule has 11 aromatic carbocycles. The lowest BCUT2D eigenvalue weighted by atomic mass is 9.83. The topological polar surface area (TPSA) is 26.4 Å². The van der Waals surface area contributed by atoms with Crippen molar-refractivity contribution in [3.8, 4) is 56.0 Å². The lowest BCUT2D eigenvalue weighted by Crippen LogP contribution is -2.30. The Morgan fingerprint density at radius 3 is 1.12 bits per heavy atom. The molecule has 0 unspecified atom stereocenters. The van der Waals surface area contributed by atoms with Crippen LogP contribution in [-0.4, -0.2) is 13.7 Å². The molecule has 17 aromatic rings. The van der Waals surface area contributed by atoms with Gasteiger partial charge in [-0.2, -0.15) is 13.7 Å². The average molecular weight is 1260 g/mol. The van der Waals surface area contributed by atoms with Crippen LogP contribution in [0.4, 0.5) is 0 Å². The van der Waals surface area contributed by atoms with Crippen molar-refractivity contribution in [3.63, 3.8) is 0 Å². The molecular weight excluding hydrogens is 1180 g/mol. The Labute approximate surface area is 574 Å². The summed E-state index contributed by atoms with van der Waals surface area (Å²) >= 11 is 0. The minimum absolute atomic E-state index is 0.374. The number of hydrogen-bond donors (Lipinski definition) is 0. The number of nitrogens with zero attached hydrogens (tertiary/aromatic N) is 6. The second-order valence-electron chi connectivity index (χ2n) is 27.2. The minimum Gasteiger partial charge on any atom is -0.339 e. The highest BCUT2D eigenvalue weighted by atomic mass is 15.0. The fourth-order valence-corrected chi connectivity index (χ4v) is 15.7. The van der Waals surface area contributed by atoms with Crippen LogP contribution in [-0.2, 0) is 42.3 Å². The van der Waals surface area contributed by atoms with E-state index in [0.29, 0.717) is 5.56 Å². The first-order valence-corrected chi connectivity index (χ1v) is 34.2. The van der Waals surface area contributed by atoms with Crippen LogP contribution in [0, 0.1) is 27.6 Å². The Morgan fingerprint density at radius 1 is 0.330 bits per heavy atom. The number of benzene rings is 11. The fourth-order valence-electron chi connectivity index (χ4n) is 15.7. The van der Waals surface area contributed by atoms with E-state index in [2.05, 4.69) is 307 Å². The van der Waals surface area contributed by atoms with Gasteiger partial charge in [0.1, 0.15) is 37.7 Å². The molecule has 0 aliphatic heterocycles. The van der Waals surface area contributed by atoms with E-state index in [1.165, 1.54) is 173 Å². The number of fused-ring (bicyclic) bond motifs is 12. The maximum Gasteiger partial charge on any atom is 0.213 e. The van der Waals surface area contributed by atoms with Crippen LogP contribution in [0.1, 0.15) is 71.3 Å². The first-order chi connectivity index (χ1) is 48.7. The predicted octanol–water partition coefficient (Wildman–Crippen LogP) is 21.5. The molecule has 18 rings (SSSR count). The number of pyridine rings is 3. The summed E-state index contributed by atoms with van der Waals surface area (Å²) in [6.45, 7) is 4.24. The third-order valence-corrected chi connectivity index (χ3v) is 21.1. The lowest BCUT2D eigenvalue weighted by Gasteiger charge is -2.22. The minimum atomic E-state index is -2.10. The van der Waals surface area contributed by atoms with Gasteiger partial charge >= 0.3 is 0 Å². The molecule has 0 bridgehead atoms. The van der Waals surface area contributed by atoms with E-state index in [4.69, 9.17) is 5.48 Å². The Bertz CT molecular complexity index is 6170. The summed E-state index contributed by atoms with van der Waals surface area (Å²) in [7, 11) is 12.8. The van der Waals surface area contributed by atoms with Gasteiger partial charge in [0, 0.05) is 110 Å². The molecule has 0 spiro atoms. The molecule has 0 amide bonds. The van der Waals surface area contributed by atoms with Crippen LogP contribution in [0.5, 0.6) is 0 Å². The van der Waals surface area contributed by atoms with Crippen molar-refractivity contribution in [2.75, 3.05) is 0 Å². The number of aryl methyl sites for hydroxylation is 10. The number of hydrogen-bond acceptors (Lipinski definition) is 0. The molecule has 0 N–H and O–H groups in total. The van der Waals surface area contributed by atoms with Crippen LogP contribution >= 0.6 is 0 Å². The summed E-state index contributed by atoms with van der Waals surface area (Å²) in [6, 6.07) is 84.8. The van der Waals surface area contributed by atoms with Crippen LogP contribution in [0.15, 0.2) is 255 Å². The second kappa shape index (κ2) is 24.7. The summed E-state index contributed by atoms with van der Waals surface area (Å²) in [4.78, 5) is 0. The molecule has 1 aliphatic rings. The zero-order valence-corrected chi connectivity index (χ0v) is 57.0. The third-order valence-electron chi connectivity index (χ3n) is 21.1. The Kier molecular flexibility index (Phi) is 14.3. The van der Waals surface area contributed by atoms with Gasteiger partial charge in [0.05, 0.1) is 0 Å². The van der Waals surface area contributed by atoms with Crippen LogP contribution in [0.2, 0.25) is 0 Å². The second-order valence-corrected chi connectivity index (χ2v) is 27.2. The van der Waals surface area contributed by atoms with E-state index in [-0.39, 0.29) is 0 Å². The highest BCUT2D eigenvalue weighted by molar-refractivity contribution is 6.16. The molecule has 97 heavy (non-hydrogen) atoms. The molecule has 6 heterocycles. The van der Waals surface area contributed by atoms with Gasteiger partial charge in [0.15, 0.2) is 18.6 Å². The van der Waals surface area contributed by atoms with E-state index in [0.717, 1.165) is 35.2 Å². The van der Waals surface area contributed by atoms with Gasteiger partial charge in [-0.3, -0.25) is 0 Å². The summed E-state index contributed by atoms with van der Waals surface area (Å²) < 4.78 is 45.8. The van der Waals surface area contributed by atoms with Gasteiger partial charge in [-0.05, 0) is 190 Å². The molecule has 1 fully saturated rings. The van der Waals surface area contributed by atoms with Crippen molar-refractivity contribution in [3.05, 3.63) is 283 Å². The number of aromatic nitrogens is 6. The molecule has 474 valence electrons. The van der Waals surface area contributed by atoms with Crippen molar-refractivity contribution < 1.29 is 19.2 Å². The van der Waals surface area contributed by atoms with Gasteiger partial charge in [0.25, 0.3) is 0 Å². The first-order valence-electron chi connectivity index (χ1n) is 36.2. The average Bonchev–Trinajstić information content (AvgIpc) is 1.61. The van der Waals surface area contributed by atoms with Gasteiger partial charge in [0.2, 0.25) is 17.1 Å². The highest BCUT2D eigenvalue weighted by Gasteiger charge is 2.24. The standard InChI is InChI=1S/C31H27N2.C30H31N2.C30H25N2/c1-20-10-13-26(21(2)14-20)29-18-28-27-16-24-12-11-23(22-8-6-5-7-9-22)15-25(24)17-30(27)33(4)31(28)19-32(29)3;2*1-20-9-7-8-12-25(20)28-18-27-26-16-23-14-13-22(21-10-5-4-6-11-21)15-24(23)17-29(26)32(3)30(27)19-31(28)2/h5-19H,1-4H3;7-9,12-19,21H,4-6,10-11H2,1-3H3;4-19H,1-3H3/q3*+1/i1D3;21D;. The van der Waals surface area contributed by atoms with Crippen LogP contribution in [0.3, 0.4) is 0 Å². The van der Waals surface area contributed by atoms with Crippen molar-refractivity contribution in [1.82, 2.24) is 13.7 Å². The normalized spacial score (nSPS) is 13.9. The molecule has 0 saturated heterocycles. The van der Waals surface area contributed by atoms with Gasteiger partial charge in [-0.25, -0.2) is 0 Å². The SMILES string of the molecule is Cc1ccccc1-c1cc2c3cc4ccc(-c5ccccc5)cc4cc3n(C)c2c[n+]1C.[2H]C([2H])([2H])c1ccc(-c2cc3c4cc5ccc(-c6ccccc6)cc5cc4n(C)c3c[n+]2C)c(C)c1.[2H]C1(c2ccc3cc4c5cc(-c6ccccc6C)[n+](C)cc5n(C)c4cc3c2)CCCCC1. The van der Waals surface area contributed by atoms with Crippen molar-refractivity contribution in [2.24, 2.45) is 42.3 Å². The van der Waals surface area contributed by atoms with E-state index in [1.807, 2.05) is 26.1 Å². The zero-order valence-electron chi connectivity index (χ0n) is 61.0.